The third kappa shape index (κ3) is 3.53. The third-order valence-electron chi connectivity index (χ3n) is 4.29. The molecule has 0 spiro atoms. The molecule has 0 unspecified atom stereocenters. The molecule has 3 heterocycles. The van der Waals surface area contributed by atoms with Crippen molar-refractivity contribution in [3.8, 4) is 22.7 Å². The number of hydrogen-bond donors (Lipinski definition) is 0. The van der Waals surface area contributed by atoms with Crippen molar-refractivity contribution in [2.24, 2.45) is 0 Å². The molecule has 0 saturated heterocycles. The summed E-state index contributed by atoms with van der Waals surface area (Å²) in [5.74, 6) is 1.78. The van der Waals surface area contributed by atoms with Gasteiger partial charge in [0, 0.05) is 26.7 Å². The minimum Gasteiger partial charge on any atom is -0.457 e. The van der Waals surface area contributed by atoms with Gasteiger partial charge in [-0.1, -0.05) is 63.1 Å². The summed E-state index contributed by atoms with van der Waals surface area (Å²) in [6.07, 6.45) is 1.71. The Labute approximate surface area is 182 Å². The minimum atomic E-state index is -0.221. The Bertz CT molecular complexity index is 1450. The van der Waals surface area contributed by atoms with Gasteiger partial charge in [0.1, 0.15) is 16.1 Å². The monoisotopic (exact) mass is 483 g/mol. The summed E-state index contributed by atoms with van der Waals surface area (Å²) in [5, 5.41) is 5.00. The summed E-state index contributed by atoms with van der Waals surface area (Å²) in [4.78, 5) is 17.8. The van der Waals surface area contributed by atoms with Crippen LogP contribution in [0.2, 0.25) is 5.02 Å². The van der Waals surface area contributed by atoms with E-state index in [4.69, 9.17) is 16.0 Å². The summed E-state index contributed by atoms with van der Waals surface area (Å²) in [5.41, 5.74) is 1.51. The molecule has 0 atom stereocenters. The molecule has 142 valence electrons. The van der Waals surface area contributed by atoms with Crippen LogP contribution in [0.3, 0.4) is 0 Å². The van der Waals surface area contributed by atoms with Crippen LogP contribution in [0.4, 0.5) is 0 Å². The van der Waals surface area contributed by atoms with Crippen molar-refractivity contribution in [1.82, 2.24) is 14.6 Å². The van der Waals surface area contributed by atoms with Gasteiger partial charge in [-0.15, -0.1) is 5.10 Å². The zero-order chi connectivity index (χ0) is 20.0. The van der Waals surface area contributed by atoms with Crippen LogP contribution < -0.4 is 10.1 Å². The maximum atomic E-state index is 12.7. The Morgan fingerprint density at radius 3 is 2.66 bits per heavy atom. The highest BCUT2D eigenvalue weighted by atomic mass is 79.9. The molecule has 5 aromatic rings. The molecule has 0 aliphatic heterocycles. The second-order valence-corrected chi connectivity index (χ2v) is 8.63. The molecule has 0 saturated carbocycles. The van der Waals surface area contributed by atoms with Gasteiger partial charge in [-0.05, 0) is 36.4 Å². The lowest BCUT2D eigenvalue weighted by molar-refractivity contribution is 0.571. The molecular formula is C21H11BrClN3O2S. The lowest BCUT2D eigenvalue weighted by Crippen LogP contribution is -2.23. The van der Waals surface area contributed by atoms with Crippen LogP contribution in [-0.4, -0.2) is 14.6 Å². The first-order valence-corrected chi connectivity index (χ1v) is 10.6. The molecule has 3 aromatic heterocycles. The lowest BCUT2D eigenvalue weighted by atomic mass is 10.2. The van der Waals surface area contributed by atoms with Gasteiger partial charge in [-0.2, -0.15) is 9.50 Å². The fraction of sp³-hybridized carbons (Fsp3) is 0. The number of benzene rings is 2. The molecule has 0 amide bonds. The van der Waals surface area contributed by atoms with Crippen molar-refractivity contribution in [2.45, 2.75) is 0 Å². The SMILES string of the molecule is O=c1/c(=C/c2ccc(-c3cccc(Cl)c3)o2)sc2nc(-c3ccc(Br)cc3)nn12. The normalized spacial score (nSPS) is 12.1. The van der Waals surface area contributed by atoms with E-state index < -0.39 is 0 Å². The van der Waals surface area contributed by atoms with E-state index >= 15 is 0 Å². The van der Waals surface area contributed by atoms with E-state index in [1.54, 1.807) is 6.08 Å². The first-order chi connectivity index (χ1) is 14.1. The largest absolute Gasteiger partial charge is 0.457 e. The second kappa shape index (κ2) is 7.26. The fourth-order valence-electron chi connectivity index (χ4n) is 2.91. The Hall–Kier alpha value is -2.74. The molecule has 8 heteroatoms. The highest BCUT2D eigenvalue weighted by molar-refractivity contribution is 9.10. The summed E-state index contributed by atoms with van der Waals surface area (Å²) in [7, 11) is 0. The van der Waals surface area contributed by atoms with Crippen LogP contribution in [0.5, 0.6) is 0 Å². The van der Waals surface area contributed by atoms with Crippen LogP contribution in [0.1, 0.15) is 5.76 Å². The maximum absolute atomic E-state index is 12.7. The molecule has 0 aliphatic rings. The van der Waals surface area contributed by atoms with Gasteiger partial charge in [0.05, 0.1) is 0 Å². The number of thiazole rings is 1. The molecule has 5 rings (SSSR count). The molecule has 0 aliphatic carbocycles. The predicted molar refractivity (Wildman–Crippen MR) is 118 cm³/mol. The quantitative estimate of drug-likeness (QED) is 0.360. The molecule has 5 nitrogen and oxygen atoms in total. The average Bonchev–Trinajstić information content (AvgIpc) is 3.41. The number of rotatable bonds is 3. The van der Waals surface area contributed by atoms with Crippen molar-refractivity contribution >= 4 is 49.9 Å². The average molecular weight is 485 g/mol. The molecule has 0 bridgehead atoms. The molecule has 0 radical (unpaired) electrons. The molecule has 29 heavy (non-hydrogen) atoms. The summed E-state index contributed by atoms with van der Waals surface area (Å²) >= 11 is 10.7. The Balaban J connectivity index is 1.52. The van der Waals surface area contributed by atoms with E-state index in [0.29, 0.717) is 31.9 Å². The second-order valence-electron chi connectivity index (χ2n) is 6.26. The van der Waals surface area contributed by atoms with E-state index in [1.165, 1.54) is 15.9 Å². The number of halogens is 2. The van der Waals surface area contributed by atoms with Crippen LogP contribution in [0.25, 0.3) is 33.7 Å². The van der Waals surface area contributed by atoms with Crippen LogP contribution in [-0.2, 0) is 0 Å². The number of aromatic nitrogens is 3. The zero-order valence-corrected chi connectivity index (χ0v) is 17.8. The van der Waals surface area contributed by atoms with Gasteiger partial charge in [-0.3, -0.25) is 4.79 Å². The summed E-state index contributed by atoms with van der Waals surface area (Å²) < 4.78 is 8.67. The first-order valence-electron chi connectivity index (χ1n) is 8.60. The predicted octanol–water partition coefficient (Wildman–Crippen LogP) is 5.04. The lowest BCUT2D eigenvalue weighted by Gasteiger charge is -1.96. The molecule has 0 fully saturated rings. The number of furan rings is 1. The third-order valence-corrected chi connectivity index (χ3v) is 6.02. The Morgan fingerprint density at radius 2 is 1.90 bits per heavy atom. The van der Waals surface area contributed by atoms with E-state index in [9.17, 15) is 4.79 Å². The summed E-state index contributed by atoms with van der Waals surface area (Å²) in [6.45, 7) is 0. The smallest absolute Gasteiger partial charge is 0.291 e. The van der Waals surface area contributed by atoms with Crippen LogP contribution >= 0.6 is 38.9 Å². The van der Waals surface area contributed by atoms with Crippen LogP contribution in [0.15, 0.2) is 74.3 Å². The van der Waals surface area contributed by atoms with Gasteiger partial charge in [0.15, 0.2) is 5.82 Å². The Morgan fingerprint density at radius 1 is 1.07 bits per heavy atom. The number of fused-ring (bicyclic) bond motifs is 1. The van der Waals surface area contributed by atoms with Gasteiger partial charge < -0.3 is 4.42 Å². The standard InChI is InChI=1S/C21H11BrClN3O2S/c22-14-6-4-12(5-7-14)19-24-21-26(25-19)20(27)18(29-21)11-16-8-9-17(28-16)13-2-1-3-15(23)10-13/h1-11H/b18-11-. The van der Waals surface area contributed by atoms with Crippen molar-refractivity contribution in [2.75, 3.05) is 0 Å². The molecular weight excluding hydrogens is 474 g/mol. The highest BCUT2D eigenvalue weighted by Gasteiger charge is 2.12. The van der Waals surface area contributed by atoms with E-state index in [-0.39, 0.29) is 5.56 Å². The summed E-state index contributed by atoms with van der Waals surface area (Å²) in [6, 6.07) is 18.7. The van der Waals surface area contributed by atoms with Gasteiger partial charge in [0.2, 0.25) is 4.96 Å². The van der Waals surface area contributed by atoms with Crippen LogP contribution in [0, 0.1) is 0 Å². The fourth-order valence-corrected chi connectivity index (χ4v) is 4.25. The highest BCUT2D eigenvalue weighted by Crippen LogP contribution is 2.25. The molecule has 0 N–H and O–H groups in total. The van der Waals surface area contributed by atoms with Gasteiger partial charge in [-0.25, -0.2) is 0 Å². The van der Waals surface area contributed by atoms with E-state index in [2.05, 4.69) is 26.0 Å². The van der Waals surface area contributed by atoms with Crippen molar-refractivity contribution < 1.29 is 4.42 Å². The van der Waals surface area contributed by atoms with E-state index in [1.807, 2.05) is 60.7 Å². The zero-order valence-electron chi connectivity index (χ0n) is 14.7. The van der Waals surface area contributed by atoms with Crippen molar-refractivity contribution in [3.05, 3.63) is 90.8 Å². The van der Waals surface area contributed by atoms with Crippen molar-refractivity contribution in [3.63, 3.8) is 0 Å². The number of hydrogen-bond acceptors (Lipinski definition) is 5. The van der Waals surface area contributed by atoms with Gasteiger partial charge in [0.25, 0.3) is 5.56 Å². The minimum absolute atomic E-state index is 0.221. The Kier molecular flexibility index (Phi) is 4.58. The topological polar surface area (TPSA) is 60.4 Å². The maximum Gasteiger partial charge on any atom is 0.291 e. The van der Waals surface area contributed by atoms with Gasteiger partial charge >= 0.3 is 0 Å². The van der Waals surface area contributed by atoms with E-state index in [0.717, 1.165) is 15.6 Å². The number of nitrogens with zero attached hydrogens (tertiary/aromatic N) is 3. The molecule has 2 aromatic carbocycles. The van der Waals surface area contributed by atoms with Crippen molar-refractivity contribution in [1.29, 1.82) is 0 Å². The first kappa shape index (κ1) is 18.3.